The van der Waals surface area contributed by atoms with Crippen molar-refractivity contribution in [3.63, 3.8) is 0 Å². The second kappa shape index (κ2) is 10.2. The van der Waals surface area contributed by atoms with Gasteiger partial charge in [-0.2, -0.15) is 0 Å². The Balaban J connectivity index is 1.59. The molecule has 4 bridgehead atoms. The molecule has 1 saturated heterocycles. The van der Waals surface area contributed by atoms with Crippen molar-refractivity contribution in [1.82, 2.24) is 0 Å². The summed E-state index contributed by atoms with van der Waals surface area (Å²) in [7, 11) is 1.42. The van der Waals surface area contributed by atoms with Crippen molar-refractivity contribution in [1.29, 1.82) is 0 Å². The Kier molecular flexibility index (Phi) is 7.37. The van der Waals surface area contributed by atoms with E-state index in [9.17, 15) is 24.9 Å². The minimum atomic E-state index is -1.11. The number of esters is 2. The lowest BCUT2D eigenvalue weighted by Gasteiger charge is -2.52. The highest BCUT2D eigenvalue weighted by Gasteiger charge is 2.72. The summed E-state index contributed by atoms with van der Waals surface area (Å²) in [5.74, 6) is -3.01. The van der Waals surface area contributed by atoms with Gasteiger partial charge in [-0.1, -0.05) is 38.2 Å². The standard InChI is InChI=1S/C29H40O9/c1-13-10-14(2)29-19(12-21(35-5)28(34)36-24(13)16(4)30)20(31)11-18-22(29)23(32)15(3)25(26(18)38-29)37-27(33)17-8-6-7-9-17/h6-8,10,13,15-16,18-26,30-32H,9,11-12H2,1-5H3/b14-10+/t13-,15-,16-,18-,19+,20-,21+,22+,23-,24+,25-,26-,29+/m1/s1. The van der Waals surface area contributed by atoms with E-state index in [0.29, 0.717) is 18.4 Å². The third kappa shape index (κ3) is 4.18. The molecule has 2 heterocycles. The van der Waals surface area contributed by atoms with E-state index in [1.54, 1.807) is 13.0 Å². The molecule has 9 heteroatoms. The van der Waals surface area contributed by atoms with Crippen LogP contribution < -0.4 is 0 Å². The highest BCUT2D eigenvalue weighted by atomic mass is 16.6. The molecule has 1 spiro atoms. The van der Waals surface area contributed by atoms with Crippen LogP contribution in [-0.2, 0) is 28.5 Å². The number of carbonyl (C=O) groups is 2. The number of aliphatic hydroxyl groups excluding tert-OH is 3. The van der Waals surface area contributed by atoms with Crippen LogP contribution in [0, 0.1) is 29.6 Å². The molecule has 0 radical (unpaired) electrons. The highest BCUT2D eigenvalue weighted by molar-refractivity contribution is 5.90. The molecule has 0 unspecified atom stereocenters. The highest BCUT2D eigenvalue weighted by Crippen LogP contribution is 2.63. The summed E-state index contributed by atoms with van der Waals surface area (Å²) in [4.78, 5) is 26.1. The van der Waals surface area contributed by atoms with Crippen LogP contribution in [0.2, 0.25) is 0 Å². The molecule has 3 aliphatic carbocycles. The van der Waals surface area contributed by atoms with Crippen molar-refractivity contribution >= 4 is 11.9 Å². The summed E-state index contributed by atoms with van der Waals surface area (Å²) in [6.07, 6.45) is 2.67. The van der Waals surface area contributed by atoms with Crippen molar-refractivity contribution in [3.8, 4) is 0 Å². The quantitative estimate of drug-likeness (QED) is 0.367. The number of aliphatic hydroxyl groups is 3. The van der Waals surface area contributed by atoms with E-state index < -0.39 is 72.1 Å². The molecule has 0 aromatic heterocycles. The van der Waals surface area contributed by atoms with E-state index in [0.717, 1.165) is 5.57 Å². The largest absolute Gasteiger partial charge is 0.457 e. The van der Waals surface area contributed by atoms with Gasteiger partial charge in [0, 0.05) is 36.4 Å². The van der Waals surface area contributed by atoms with Gasteiger partial charge in [-0.15, -0.1) is 0 Å². The van der Waals surface area contributed by atoms with Crippen LogP contribution in [-0.4, -0.2) is 82.7 Å². The summed E-state index contributed by atoms with van der Waals surface area (Å²) in [5, 5.41) is 33.6. The second-order valence-electron chi connectivity index (χ2n) is 11.8. The van der Waals surface area contributed by atoms with E-state index in [1.165, 1.54) is 7.11 Å². The Morgan fingerprint density at radius 2 is 1.97 bits per heavy atom. The van der Waals surface area contributed by atoms with Gasteiger partial charge >= 0.3 is 11.9 Å². The fourth-order valence-electron chi connectivity index (χ4n) is 7.84. The monoisotopic (exact) mass is 532 g/mol. The molecule has 38 heavy (non-hydrogen) atoms. The average molecular weight is 533 g/mol. The second-order valence-corrected chi connectivity index (χ2v) is 11.8. The number of rotatable bonds is 4. The van der Waals surface area contributed by atoms with E-state index >= 15 is 0 Å². The molecule has 9 nitrogen and oxygen atoms in total. The Hall–Kier alpha value is -2.04. The molecular weight excluding hydrogens is 492 g/mol. The molecule has 5 rings (SSSR count). The fraction of sp³-hybridized carbons (Fsp3) is 0.724. The van der Waals surface area contributed by atoms with Gasteiger partial charge < -0.3 is 34.3 Å². The van der Waals surface area contributed by atoms with Crippen molar-refractivity contribution in [2.24, 2.45) is 29.6 Å². The van der Waals surface area contributed by atoms with Crippen LogP contribution >= 0.6 is 0 Å². The first-order valence-electron chi connectivity index (χ1n) is 13.7. The van der Waals surface area contributed by atoms with E-state index in [4.69, 9.17) is 18.9 Å². The zero-order valence-corrected chi connectivity index (χ0v) is 22.7. The van der Waals surface area contributed by atoms with Gasteiger partial charge in [0.2, 0.25) is 0 Å². The van der Waals surface area contributed by atoms with Crippen LogP contribution in [0.1, 0.15) is 47.0 Å². The molecule has 210 valence electrons. The SMILES string of the molecule is CO[C@H]1C[C@H]2[C@H](O)C[C@H]3[C@H]4O[C@]2(/C(C)=C/[C@@H](C)[C@@H]([C@@H](C)O)OC1=O)[C@@H]3[C@H](O)[C@@H](C)[C@H]4OC(=O)C1=CC=CC1. The summed E-state index contributed by atoms with van der Waals surface area (Å²) in [5.41, 5.74) is 0.243. The van der Waals surface area contributed by atoms with Crippen LogP contribution in [0.5, 0.6) is 0 Å². The van der Waals surface area contributed by atoms with Crippen molar-refractivity contribution < 1.29 is 43.9 Å². The minimum absolute atomic E-state index is 0.114. The smallest absolute Gasteiger partial charge is 0.335 e. The van der Waals surface area contributed by atoms with Gasteiger partial charge in [-0.25, -0.2) is 9.59 Å². The molecule has 2 saturated carbocycles. The first-order chi connectivity index (χ1) is 18.0. The normalized spacial score (nSPS) is 48.3. The molecule has 0 amide bonds. The Morgan fingerprint density at radius 3 is 2.61 bits per heavy atom. The minimum Gasteiger partial charge on any atom is -0.457 e. The number of hydrogen-bond donors (Lipinski definition) is 3. The maximum atomic E-state index is 13.1. The molecule has 2 aliphatic heterocycles. The summed E-state index contributed by atoms with van der Waals surface area (Å²) >= 11 is 0. The van der Waals surface area contributed by atoms with Gasteiger partial charge in [-0.3, -0.25) is 0 Å². The van der Waals surface area contributed by atoms with Gasteiger partial charge in [0.15, 0.2) is 6.10 Å². The number of allylic oxidation sites excluding steroid dienone is 3. The van der Waals surface area contributed by atoms with E-state index in [2.05, 4.69) is 0 Å². The topological polar surface area (TPSA) is 132 Å². The number of hydrogen-bond acceptors (Lipinski definition) is 9. The number of cyclic esters (lactones) is 1. The van der Waals surface area contributed by atoms with Crippen LogP contribution in [0.4, 0.5) is 0 Å². The van der Waals surface area contributed by atoms with Crippen molar-refractivity contribution in [2.75, 3.05) is 7.11 Å². The van der Waals surface area contributed by atoms with Gasteiger partial charge in [0.1, 0.15) is 17.8 Å². The average Bonchev–Trinajstić information content (AvgIpc) is 3.47. The molecule has 3 N–H and O–H groups in total. The number of methoxy groups -OCH3 is 1. The van der Waals surface area contributed by atoms with Crippen LogP contribution in [0.3, 0.4) is 0 Å². The summed E-state index contributed by atoms with van der Waals surface area (Å²) in [6, 6.07) is 0. The first-order valence-corrected chi connectivity index (χ1v) is 13.7. The number of ether oxygens (including phenoxy) is 4. The number of carbonyl (C=O) groups excluding carboxylic acids is 2. The molecule has 5 aliphatic rings. The third-order valence-electron chi connectivity index (χ3n) is 9.65. The Bertz CT molecular complexity index is 1050. The fourth-order valence-corrected chi connectivity index (χ4v) is 7.84. The maximum Gasteiger partial charge on any atom is 0.335 e. The molecular formula is C29H40O9. The predicted octanol–water partition coefficient (Wildman–Crippen LogP) is 1.84. The van der Waals surface area contributed by atoms with Crippen LogP contribution in [0.15, 0.2) is 35.5 Å². The summed E-state index contributed by atoms with van der Waals surface area (Å²) < 4.78 is 24.2. The van der Waals surface area contributed by atoms with Crippen LogP contribution in [0.25, 0.3) is 0 Å². The summed E-state index contributed by atoms with van der Waals surface area (Å²) in [6.45, 7) is 7.22. The van der Waals surface area contributed by atoms with E-state index in [-0.39, 0.29) is 24.2 Å². The lowest BCUT2D eigenvalue weighted by Crippen LogP contribution is -2.62. The molecule has 0 aromatic rings. The predicted molar refractivity (Wildman–Crippen MR) is 135 cm³/mol. The lowest BCUT2D eigenvalue weighted by atomic mass is 9.54. The molecule has 13 atom stereocenters. The van der Waals surface area contributed by atoms with Crippen molar-refractivity contribution in [2.45, 2.75) is 95.3 Å². The van der Waals surface area contributed by atoms with Gasteiger partial charge in [-0.05, 0) is 44.6 Å². The van der Waals surface area contributed by atoms with E-state index in [1.807, 2.05) is 39.0 Å². The lowest BCUT2D eigenvalue weighted by molar-refractivity contribution is -0.177. The zero-order chi connectivity index (χ0) is 27.5. The van der Waals surface area contributed by atoms with Crippen molar-refractivity contribution in [3.05, 3.63) is 35.5 Å². The molecule has 3 fully saturated rings. The maximum absolute atomic E-state index is 13.1. The molecule has 0 aromatic carbocycles. The Labute approximate surface area is 223 Å². The third-order valence-corrected chi connectivity index (χ3v) is 9.65. The zero-order valence-electron chi connectivity index (χ0n) is 22.7. The first kappa shape index (κ1) is 27.5. The Morgan fingerprint density at radius 1 is 1.24 bits per heavy atom. The van der Waals surface area contributed by atoms with Gasteiger partial charge in [0.05, 0.1) is 24.4 Å². The van der Waals surface area contributed by atoms with Gasteiger partial charge in [0.25, 0.3) is 0 Å².